The largest absolute Gasteiger partial charge is 0.480 e. The van der Waals surface area contributed by atoms with Crippen LogP contribution in [-0.2, 0) is 4.79 Å². The van der Waals surface area contributed by atoms with E-state index < -0.39 is 11.5 Å². The SMILES string of the molecule is CSC1CCCC(NC(C)C)(C(=O)O)C1. The molecule has 1 fully saturated rings. The lowest BCUT2D eigenvalue weighted by atomic mass is 9.81. The van der Waals surface area contributed by atoms with Gasteiger partial charge in [0.25, 0.3) is 0 Å². The van der Waals surface area contributed by atoms with Crippen LogP contribution in [0.25, 0.3) is 0 Å². The number of aliphatic carboxylic acids is 1. The molecule has 0 amide bonds. The first kappa shape index (κ1) is 12.8. The molecule has 1 rings (SSSR count). The van der Waals surface area contributed by atoms with Gasteiger partial charge >= 0.3 is 5.97 Å². The predicted octanol–water partition coefficient (Wildman–Crippen LogP) is 2.11. The van der Waals surface area contributed by atoms with Crippen molar-refractivity contribution in [1.82, 2.24) is 5.32 Å². The number of hydrogen-bond donors (Lipinski definition) is 2. The van der Waals surface area contributed by atoms with E-state index in [0.29, 0.717) is 5.25 Å². The third-order valence-corrected chi connectivity index (χ3v) is 4.08. The minimum atomic E-state index is -0.685. The number of hydrogen-bond acceptors (Lipinski definition) is 3. The Labute approximate surface area is 96.0 Å². The van der Waals surface area contributed by atoms with Crippen LogP contribution in [0, 0.1) is 0 Å². The highest BCUT2D eigenvalue weighted by Gasteiger charge is 2.42. The lowest BCUT2D eigenvalue weighted by Crippen LogP contribution is -2.57. The first-order valence-corrected chi connectivity index (χ1v) is 6.83. The molecule has 4 heteroatoms. The van der Waals surface area contributed by atoms with Crippen molar-refractivity contribution < 1.29 is 9.90 Å². The maximum absolute atomic E-state index is 11.4. The fourth-order valence-corrected chi connectivity index (χ4v) is 3.22. The Hall–Kier alpha value is -0.220. The highest BCUT2D eigenvalue weighted by atomic mass is 32.2. The van der Waals surface area contributed by atoms with Gasteiger partial charge in [-0.25, -0.2) is 0 Å². The van der Waals surface area contributed by atoms with E-state index in [2.05, 4.69) is 11.6 Å². The highest BCUT2D eigenvalue weighted by molar-refractivity contribution is 7.99. The molecule has 0 aromatic rings. The molecule has 0 bridgehead atoms. The van der Waals surface area contributed by atoms with E-state index in [-0.39, 0.29) is 6.04 Å². The molecule has 2 N–H and O–H groups in total. The summed E-state index contributed by atoms with van der Waals surface area (Å²) in [6, 6.07) is 0.224. The van der Waals surface area contributed by atoms with Crippen LogP contribution in [0.3, 0.4) is 0 Å². The van der Waals surface area contributed by atoms with Gasteiger partial charge in [0.1, 0.15) is 5.54 Å². The van der Waals surface area contributed by atoms with Crippen molar-refractivity contribution in [2.75, 3.05) is 6.26 Å². The van der Waals surface area contributed by atoms with Crippen LogP contribution in [0.15, 0.2) is 0 Å². The quantitative estimate of drug-likeness (QED) is 0.778. The van der Waals surface area contributed by atoms with Crippen LogP contribution in [0.4, 0.5) is 0 Å². The van der Waals surface area contributed by atoms with E-state index >= 15 is 0 Å². The average Bonchev–Trinajstić information content (AvgIpc) is 2.16. The zero-order valence-electron chi connectivity index (χ0n) is 9.75. The Morgan fingerprint density at radius 1 is 1.60 bits per heavy atom. The third kappa shape index (κ3) is 3.11. The topological polar surface area (TPSA) is 49.3 Å². The molecule has 0 aromatic carbocycles. The summed E-state index contributed by atoms with van der Waals surface area (Å²) in [7, 11) is 0. The minimum absolute atomic E-state index is 0.224. The summed E-state index contributed by atoms with van der Waals surface area (Å²) in [5, 5.41) is 13.1. The van der Waals surface area contributed by atoms with Crippen LogP contribution in [0.1, 0.15) is 39.5 Å². The van der Waals surface area contributed by atoms with E-state index in [1.165, 1.54) is 0 Å². The number of rotatable bonds is 4. The van der Waals surface area contributed by atoms with Gasteiger partial charge in [0, 0.05) is 11.3 Å². The van der Waals surface area contributed by atoms with Crippen molar-refractivity contribution in [2.24, 2.45) is 0 Å². The summed E-state index contributed by atoms with van der Waals surface area (Å²) in [5.74, 6) is -0.685. The van der Waals surface area contributed by atoms with Crippen LogP contribution < -0.4 is 5.32 Å². The maximum atomic E-state index is 11.4. The summed E-state index contributed by atoms with van der Waals surface area (Å²) in [6.45, 7) is 4.01. The van der Waals surface area contributed by atoms with Gasteiger partial charge in [0.15, 0.2) is 0 Å². The molecule has 2 atom stereocenters. The number of carboxylic acid groups (broad SMARTS) is 1. The molecule has 1 aliphatic carbocycles. The lowest BCUT2D eigenvalue weighted by molar-refractivity contribution is -0.146. The van der Waals surface area contributed by atoms with Gasteiger partial charge in [-0.1, -0.05) is 0 Å². The van der Waals surface area contributed by atoms with Crippen LogP contribution >= 0.6 is 11.8 Å². The third-order valence-electron chi connectivity index (χ3n) is 3.01. The molecule has 0 spiro atoms. The first-order chi connectivity index (χ1) is 7.00. The second kappa shape index (κ2) is 5.21. The van der Waals surface area contributed by atoms with Gasteiger partial charge in [-0.15, -0.1) is 0 Å². The number of carbonyl (C=O) groups is 1. The van der Waals surface area contributed by atoms with Gasteiger partial charge in [0.05, 0.1) is 0 Å². The average molecular weight is 231 g/mol. The maximum Gasteiger partial charge on any atom is 0.323 e. The van der Waals surface area contributed by atoms with Gasteiger partial charge in [-0.2, -0.15) is 11.8 Å². The predicted molar refractivity (Wildman–Crippen MR) is 64.4 cm³/mol. The normalized spacial score (nSPS) is 31.9. The summed E-state index contributed by atoms with van der Waals surface area (Å²) in [4.78, 5) is 11.4. The fourth-order valence-electron chi connectivity index (χ4n) is 2.37. The van der Waals surface area contributed by atoms with E-state index in [0.717, 1.165) is 25.7 Å². The molecule has 0 heterocycles. The molecule has 88 valence electrons. The van der Waals surface area contributed by atoms with E-state index in [4.69, 9.17) is 0 Å². The highest BCUT2D eigenvalue weighted by Crippen LogP contribution is 2.34. The Kier molecular flexibility index (Phi) is 4.46. The van der Waals surface area contributed by atoms with Crippen molar-refractivity contribution in [3.63, 3.8) is 0 Å². The van der Waals surface area contributed by atoms with Crippen molar-refractivity contribution in [2.45, 2.75) is 56.4 Å². The molecule has 0 aromatic heterocycles. The van der Waals surface area contributed by atoms with E-state index in [1.807, 2.05) is 13.8 Å². The molecule has 15 heavy (non-hydrogen) atoms. The molecule has 3 nitrogen and oxygen atoms in total. The summed E-state index contributed by atoms with van der Waals surface area (Å²) >= 11 is 1.79. The zero-order valence-corrected chi connectivity index (χ0v) is 10.6. The van der Waals surface area contributed by atoms with Gasteiger partial charge < -0.3 is 5.11 Å². The fraction of sp³-hybridized carbons (Fsp3) is 0.909. The van der Waals surface area contributed by atoms with Crippen molar-refractivity contribution in [3.8, 4) is 0 Å². The second-order valence-corrected chi connectivity index (χ2v) is 5.78. The smallest absolute Gasteiger partial charge is 0.323 e. The van der Waals surface area contributed by atoms with Crippen LogP contribution in [0.5, 0.6) is 0 Å². The van der Waals surface area contributed by atoms with Crippen LogP contribution in [-0.4, -0.2) is 34.2 Å². The van der Waals surface area contributed by atoms with Gasteiger partial charge in [0.2, 0.25) is 0 Å². The summed E-state index contributed by atoms with van der Waals surface area (Å²) in [6.07, 6.45) is 5.74. The molecule has 1 saturated carbocycles. The Morgan fingerprint density at radius 2 is 2.27 bits per heavy atom. The summed E-state index contributed by atoms with van der Waals surface area (Å²) in [5.41, 5.74) is -0.680. The monoisotopic (exact) mass is 231 g/mol. The minimum Gasteiger partial charge on any atom is -0.480 e. The summed E-state index contributed by atoms with van der Waals surface area (Å²) < 4.78 is 0. The molecule has 0 radical (unpaired) electrons. The van der Waals surface area contributed by atoms with Gasteiger partial charge in [-0.3, -0.25) is 10.1 Å². The number of nitrogens with one attached hydrogen (secondary N) is 1. The molecule has 1 aliphatic rings. The van der Waals surface area contributed by atoms with Crippen molar-refractivity contribution >= 4 is 17.7 Å². The van der Waals surface area contributed by atoms with E-state index in [1.54, 1.807) is 11.8 Å². The molecule has 2 unspecified atom stereocenters. The van der Waals surface area contributed by atoms with Gasteiger partial charge in [-0.05, 0) is 45.8 Å². The first-order valence-electron chi connectivity index (χ1n) is 5.54. The Bertz CT molecular complexity index is 233. The molecular formula is C11H21NO2S. The van der Waals surface area contributed by atoms with E-state index in [9.17, 15) is 9.90 Å². The van der Waals surface area contributed by atoms with Crippen molar-refractivity contribution in [1.29, 1.82) is 0 Å². The lowest BCUT2D eigenvalue weighted by Gasteiger charge is -2.39. The zero-order chi connectivity index (χ0) is 11.5. The molecule has 0 aliphatic heterocycles. The molecular weight excluding hydrogens is 210 g/mol. The standard InChI is InChI=1S/C11H21NO2S/c1-8(2)12-11(10(13)14)6-4-5-9(7-11)15-3/h8-9,12H,4-7H2,1-3H3,(H,13,14). The Morgan fingerprint density at radius 3 is 2.73 bits per heavy atom. The molecule has 0 saturated heterocycles. The number of carboxylic acids is 1. The van der Waals surface area contributed by atoms with Crippen molar-refractivity contribution in [3.05, 3.63) is 0 Å². The number of thioether (sulfide) groups is 1. The Balaban J connectivity index is 2.75. The van der Waals surface area contributed by atoms with Crippen LogP contribution in [0.2, 0.25) is 0 Å². The second-order valence-electron chi connectivity index (χ2n) is 4.64.